The van der Waals surface area contributed by atoms with Crippen LogP contribution in [0.1, 0.15) is 39.7 Å². The summed E-state index contributed by atoms with van der Waals surface area (Å²) in [5, 5.41) is 22.6. The molecule has 2 unspecified atom stereocenters. The number of hydrogen-bond donors (Lipinski definition) is 0. The molecule has 0 N–H and O–H groups in total. The second-order valence-corrected chi connectivity index (χ2v) is 28.8. The highest BCUT2D eigenvalue weighted by molar-refractivity contribution is 6.29. The van der Waals surface area contributed by atoms with E-state index >= 15 is 0 Å². The summed E-state index contributed by atoms with van der Waals surface area (Å²) in [5.74, 6) is -0.312. The van der Waals surface area contributed by atoms with E-state index in [9.17, 15) is 0 Å². The van der Waals surface area contributed by atoms with Gasteiger partial charge in [0.05, 0.1) is 0 Å². The average molecular weight is 1380 g/mol. The van der Waals surface area contributed by atoms with Crippen LogP contribution in [0.15, 0.2) is 364 Å². The van der Waals surface area contributed by atoms with Crippen LogP contribution >= 0.6 is 0 Å². The Kier molecular flexibility index (Phi) is 13.8. The predicted molar refractivity (Wildman–Crippen MR) is 454 cm³/mol. The van der Waals surface area contributed by atoms with Crippen LogP contribution in [0, 0.1) is 0 Å². The maximum Gasteiger partial charge on any atom is 0.143 e. The molecule has 0 amide bonds. The summed E-state index contributed by atoms with van der Waals surface area (Å²) in [6.45, 7) is 8.97. The van der Waals surface area contributed by atoms with Crippen molar-refractivity contribution in [2.75, 3.05) is 0 Å². The van der Waals surface area contributed by atoms with E-state index in [0.29, 0.717) is 0 Å². The summed E-state index contributed by atoms with van der Waals surface area (Å²) in [4.78, 5) is 0. The minimum atomic E-state index is -0.164. The normalized spacial score (nSPS) is 13.8. The molecule has 22 rings (SSSR count). The molecular weight excluding hydrogens is 1310 g/mol. The van der Waals surface area contributed by atoms with Gasteiger partial charge in [0.15, 0.2) is 0 Å². The van der Waals surface area contributed by atoms with Gasteiger partial charge in [-0.05, 0) is 216 Å². The Labute approximate surface area is 620 Å². The van der Waals surface area contributed by atoms with Gasteiger partial charge >= 0.3 is 0 Å². The third-order valence-corrected chi connectivity index (χ3v) is 23.1. The van der Waals surface area contributed by atoms with Crippen molar-refractivity contribution in [3.63, 3.8) is 0 Å². The molecule has 4 nitrogen and oxygen atoms in total. The molecule has 0 spiro atoms. The fraction of sp³-hybridized carbons (Fsp3) is 0.0192. The molecule has 0 radical (unpaired) electrons. The maximum atomic E-state index is 7.17. The lowest BCUT2D eigenvalue weighted by molar-refractivity contribution is 0.566. The van der Waals surface area contributed by atoms with Crippen molar-refractivity contribution in [2.45, 2.75) is 11.8 Å². The zero-order chi connectivity index (χ0) is 71.2. The minimum Gasteiger partial charge on any atom is -0.456 e. The van der Waals surface area contributed by atoms with E-state index in [0.717, 1.165) is 170 Å². The quantitative estimate of drug-likeness (QED) is 0.135. The van der Waals surface area contributed by atoms with Crippen LogP contribution in [-0.4, -0.2) is 0 Å². The van der Waals surface area contributed by atoms with Gasteiger partial charge < -0.3 is 17.7 Å². The zero-order valence-electron chi connectivity index (χ0n) is 58.7. The van der Waals surface area contributed by atoms with Gasteiger partial charge in [-0.15, -0.1) is 0 Å². The first-order valence-electron chi connectivity index (χ1n) is 37.1. The van der Waals surface area contributed by atoms with E-state index in [1.165, 1.54) is 60.1 Å². The highest BCUT2D eigenvalue weighted by Crippen LogP contribution is 2.50. The second-order valence-electron chi connectivity index (χ2n) is 28.8. The second kappa shape index (κ2) is 24.3. The fourth-order valence-corrected chi connectivity index (χ4v) is 18.3. The zero-order valence-corrected chi connectivity index (χ0v) is 58.7. The van der Waals surface area contributed by atoms with Crippen molar-refractivity contribution in [1.82, 2.24) is 0 Å². The fourth-order valence-electron chi connectivity index (χ4n) is 18.3. The molecule has 2 atom stereocenters. The van der Waals surface area contributed by atoms with Crippen molar-refractivity contribution in [1.29, 1.82) is 0 Å². The Balaban J connectivity index is 0.710. The van der Waals surface area contributed by atoms with Crippen LogP contribution < -0.4 is 10.6 Å². The first-order valence-corrected chi connectivity index (χ1v) is 37.1. The summed E-state index contributed by atoms with van der Waals surface area (Å²) in [7, 11) is 0. The van der Waals surface area contributed by atoms with Gasteiger partial charge in [0, 0.05) is 60.1 Å². The van der Waals surface area contributed by atoms with Crippen molar-refractivity contribution in [2.24, 2.45) is 0 Å². The van der Waals surface area contributed by atoms with Crippen molar-refractivity contribution < 1.29 is 17.7 Å². The molecule has 1 aliphatic rings. The van der Waals surface area contributed by atoms with Gasteiger partial charge in [-0.25, -0.2) is 0 Å². The van der Waals surface area contributed by atoms with E-state index < -0.39 is 0 Å². The van der Waals surface area contributed by atoms with E-state index in [4.69, 9.17) is 24.2 Å². The number of fused-ring (bicyclic) bond motifs is 22. The summed E-state index contributed by atoms with van der Waals surface area (Å²) in [6, 6.07) is 121. The molecule has 0 fully saturated rings. The van der Waals surface area contributed by atoms with E-state index in [1.807, 2.05) is 24.3 Å². The monoisotopic (exact) mass is 1380 g/mol. The van der Waals surface area contributed by atoms with Crippen LogP contribution in [0.5, 0.6) is 0 Å². The Morgan fingerprint density at radius 2 is 0.778 bits per heavy atom. The Morgan fingerprint density at radius 1 is 0.278 bits per heavy atom. The third-order valence-electron chi connectivity index (χ3n) is 23.1. The van der Waals surface area contributed by atoms with Gasteiger partial charge in [-0.1, -0.05) is 286 Å². The molecule has 4 heterocycles. The Hall–Kier alpha value is -14.1. The number of benzene rings is 16. The predicted octanol–water partition coefficient (Wildman–Crippen LogP) is 27.7. The molecular formula is C104H64O4. The molecule has 0 aliphatic heterocycles. The van der Waals surface area contributed by atoms with Gasteiger partial charge in [-0.2, -0.15) is 0 Å². The van der Waals surface area contributed by atoms with Gasteiger partial charge in [0.1, 0.15) is 44.5 Å². The SMILES string of the molecule is C=Cc1ccccc1C(=C)c1ccccccc(-c2cccc(C3C=c4c(oc5ccc6c(ccc7c8ccccc8oc76)c45)=CC3c3cccc4c(-c5c6ccccc6c(-c6cccc(-c7ccc8oc9ccc%10c(ccc%11oc%12ccccc%12c%11%10)c9c8c7)c6)c6ccccc56)cccc34)c2)c2ccccc12. The lowest BCUT2D eigenvalue weighted by atomic mass is 9.76. The molecule has 108 heavy (non-hydrogen) atoms. The summed E-state index contributed by atoms with van der Waals surface area (Å²) in [5.41, 5.74) is 22.6. The Morgan fingerprint density at radius 3 is 1.56 bits per heavy atom. The van der Waals surface area contributed by atoms with Crippen LogP contribution in [0.4, 0.5) is 0 Å². The number of rotatable bonds is 9. The van der Waals surface area contributed by atoms with E-state index in [1.54, 1.807) is 0 Å². The smallest absolute Gasteiger partial charge is 0.143 e. The van der Waals surface area contributed by atoms with Gasteiger partial charge in [-0.3, -0.25) is 0 Å². The molecule has 0 bridgehead atoms. The van der Waals surface area contributed by atoms with Crippen LogP contribution in [0.2, 0.25) is 0 Å². The van der Waals surface area contributed by atoms with Crippen molar-refractivity contribution >= 4 is 165 Å². The van der Waals surface area contributed by atoms with Crippen LogP contribution in [0.3, 0.4) is 0 Å². The highest BCUT2D eigenvalue weighted by atomic mass is 16.3. The van der Waals surface area contributed by atoms with Crippen LogP contribution in [0.25, 0.3) is 210 Å². The Bertz CT molecular complexity index is 7640. The van der Waals surface area contributed by atoms with Crippen molar-refractivity contribution in [3.8, 4) is 44.5 Å². The van der Waals surface area contributed by atoms with Gasteiger partial charge in [0.25, 0.3) is 0 Å². The lowest BCUT2D eigenvalue weighted by Crippen LogP contribution is -2.29. The van der Waals surface area contributed by atoms with E-state index in [2.05, 4.69) is 334 Å². The largest absolute Gasteiger partial charge is 0.456 e. The molecule has 0 saturated heterocycles. The highest BCUT2D eigenvalue weighted by Gasteiger charge is 2.30. The number of furan rings is 4. The van der Waals surface area contributed by atoms with Crippen molar-refractivity contribution in [3.05, 3.63) is 385 Å². The molecule has 1 aliphatic carbocycles. The molecule has 21 aromatic rings. The molecule has 504 valence electrons. The lowest BCUT2D eigenvalue weighted by Gasteiger charge is -2.27. The summed E-state index contributed by atoms with van der Waals surface area (Å²) < 4.78 is 26.9. The number of para-hydroxylation sites is 2. The molecule has 4 heteroatoms. The maximum absolute atomic E-state index is 7.17. The summed E-state index contributed by atoms with van der Waals surface area (Å²) >= 11 is 0. The van der Waals surface area contributed by atoms with Crippen LogP contribution in [-0.2, 0) is 0 Å². The molecule has 0 saturated carbocycles. The summed E-state index contributed by atoms with van der Waals surface area (Å²) in [6.07, 6.45) is 6.84. The van der Waals surface area contributed by atoms with E-state index in [-0.39, 0.29) is 11.8 Å². The topological polar surface area (TPSA) is 52.6 Å². The first kappa shape index (κ1) is 61.4. The average Bonchev–Trinajstić information content (AvgIpc) is 1.63. The molecule has 17 aromatic carbocycles. The standard InChI is InChI=1S/C104H64O4/c1-3-62-24-8-9-29-68(62)61(2)69-30-6-4-5-7-31-70(72-33-11-10-32-71(69)72)65-26-21-27-66(57-65)88-59-91-98(107-97-55-51-86-84(103(91)97)47-48-85-76-34-16-18-44-92(76)108-104(85)86)60-89(88)75-42-22-41-74-73(75)40-23-43-77(74)100-80-37-14-12-35-78(80)99(79-36-13-15-38-81(79)100)67-28-20-25-63(56-67)64-46-52-94-90(58-64)102-83-50-53-95-101(82(83)49-54-96(102)106-94)87-39-17-19-45-93(87)105-95/h3-60,88-89H,1-2H2. The first-order chi connectivity index (χ1) is 53.4. The van der Waals surface area contributed by atoms with Gasteiger partial charge in [0.2, 0.25) is 0 Å². The third kappa shape index (κ3) is 9.43. The minimum absolute atomic E-state index is 0.149. The molecule has 4 aromatic heterocycles. The number of hydrogen-bond acceptors (Lipinski definition) is 4.